The molecule has 0 aromatic carbocycles. The average Bonchev–Trinajstić information content (AvgIpc) is 2.39. The molecule has 0 aromatic rings. The molecule has 0 spiro atoms. The number of hydrogen-bond donors (Lipinski definition) is 0. The van der Waals surface area contributed by atoms with Crippen LogP contribution < -0.4 is 0 Å². The van der Waals surface area contributed by atoms with Gasteiger partial charge in [0.15, 0.2) is 0 Å². The van der Waals surface area contributed by atoms with E-state index in [-0.39, 0.29) is 0 Å². The van der Waals surface area contributed by atoms with Gasteiger partial charge in [0.1, 0.15) is 0 Å². The van der Waals surface area contributed by atoms with Crippen LogP contribution in [-0.4, -0.2) is 26.4 Å². The molecule has 110 valence electrons. The second-order valence-corrected chi connectivity index (χ2v) is 14.8. The van der Waals surface area contributed by atoms with Gasteiger partial charge < -0.3 is 4.74 Å². The Bertz CT molecular complexity index is 129. The zero-order valence-corrected chi connectivity index (χ0v) is 16.6. The van der Waals surface area contributed by atoms with Crippen molar-refractivity contribution in [3.8, 4) is 0 Å². The van der Waals surface area contributed by atoms with Crippen molar-refractivity contribution in [3.63, 3.8) is 0 Å². The summed E-state index contributed by atoms with van der Waals surface area (Å²) in [6.07, 6.45) is 10.3. The van der Waals surface area contributed by atoms with E-state index in [2.05, 4.69) is 32.1 Å². The van der Waals surface area contributed by atoms with E-state index in [9.17, 15) is 0 Å². The van der Waals surface area contributed by atoms with E-state index in [1.54, 1.807) is 13.3 Å². The van der Waals surface area contributed by atoms with Crippen LogP contribution in [0.5, 0.6) is 0 Å². The van der Waals surface area contributed by atoms with Crippen LogP contribution in [0.4, 0.5) is 0 Å². The first-order valence-corrected chi connectivity index (χ1v) is 15.0. The zero-order chi connectivity index (χ0) is 14.1. The van der Waals surface area contributed by atoms with Crippen LogP contribution in [0.25, 0.3) is 0 Å². The first-order chi connectivity index (χ1) is 8.76. The number of hydrogen-bond acceptors (Lipinski definition) is 1. The molecule has 0 aromatic heterocycles. The molecule has 2 heteroatoms. The molecule has 0 radical (unpaired) electrons. The van der Waals surface area contributed by atoms with Gasteiger partial charge in [-0.15, -0.1) is 0 Å². The molecule has 0 amide bonds. The maximum absolute atomic E-state index is 4.60. The van der Waals surface area contributed by atoms with Gasteiger partial charge in [-0.1, -0.05) is 6.58 Å². The summed E-state index contributed by atoms with van der Waals surface area (Å²) in [7, 11) is 0. The fraction of sp³-hybridized carbons (Fsp3) is 0.875. The van der Waals surface area contributed by atoms with Gasteiger partial charge in [-0.3, -0.25) is 0 Å². The van der Waals surface area contributed by atoms with Gasteiger partial charge in [0.05, 0.1) is 12.9 Å². The Morgan fingerprint density at radius 3 is 1.39 bits per heavy atom. The topological polar surface area (TPSA) is 9.23 Å². The van der Waals surface area contributed by atoms with Gasteiger partial charge in [0.25, 0.3) is 0 Å². The predicted molar refractivity (Wildman–Crippen MR) is 88.1 cm³/mol. The van der Waals surface area contributed by atoms with Crippen molar-refractivity contribution >= 4 is 19.8 Å². The number of unbranched alkanes of at least 4 members (excludes halogenated alkanes) is 3. The number of rotatable bonds is 11. The van der Waals surface area contributed by atoms with Crippen molar-refractivity contribution in [3.05, 3.63) is 12.8 Å². The first kappa shape index (κ1) is 20.7. The minimum absolute atomic E-state index is 0.726. The molecule has 0 aliphatic carbocycles. The van der Waals surface area contributed by atoms with Crippen LogP contribution in [0.1, 0.15) is 66.2 Å². The zero-order valence-electron chi connectivity index (χ0n) is 13.3. The van der Waals surface area contributed by atoms with E-state index in [0.29, 0.717) is 0 Å². The Labute approximate surface area is 123 Å². The summed E-state index contributed by atoms with van der Waals surface area (Å²) in [5.41, 5.74) is 0. The molecule has 0 N–H and O–H groups in total. The third-order valence-electron chi connectivity index (χ3n) is 3.18. The summed E-state index contributed by atoms with van der Waals surface area (Å²) >= 11 is -0.967. The number of ether oxygens (including phenoxy) is 1. The third-order valence-corrected chi connectivity index (χ3v) is 13.7. The molecule has 0 aliphatic rings. The summed E-state index contributed by atoms with van der Waals surface area (Å²) in [4.78, 5) is 0. The first-order valence-electron chi connectivity index (χ1n) is 7.99. The molecule has 0 saturated heterocycles. The van der Waals surface area contributed by atoms with E-state index in [1.807, 2.05) is 6.92 Å². The molecule has 0 fully saturated rings. The standard InChI is InChI=1S/C4H8O.3C4H9.Sn.H/c1-3-5-4-2;3*1-3-4-2;;/h3H,1,4H2,2H3;3*1,3-4H2,2H3;;. The predicted octanol–water partition coefficient (Wildman–Crippen LogP) is 5.78. The van der Waals surface area contributed by atoms with Crippen molar-refractivity contribution in [2.24, 2.45) is 0 Å². The van der Waals surface area contributed by atoms with Gasteiger partial charge in [0.2, 0.25) is 0 Å². The molecule has 0 bridgehead atoms. The molecular weight excluding hydrogens is 327 g/mol. The fourth-order valence-corrected chi connectivity index (χ4v) is 12.9. The summed E-state index contributed by atoms with van der Waals surface area (Å²) in [6, 6.07) is 0. The summed E-state index contributed by atoms with van der Waals surface area (Å²) in [5, 5.41) is 0. The van der Waals surface area contributed by atoms with E-state index >= 15 is 0 Å². The van der Waals surface area contributed by atoms with Crippen LogP contribution in [0.3, 0.4) is 0 Å². The summed E-state index contributed by atoms with van der Waals surface area (Å²) in [6.45, 7) is 13.0. The van der Waals surface area contributed by atoms with Gasteiger partial charge >= 0.3 is 92.4 Å². The molecule has 0 rings (SSSR count). The second kappa shape index (κ2) is 19.7. The molecule has 0 saturated carbocycles. The fourth-order valence-electron chi connectivity index (χ4n) is 2.03. The average molecular weight is 363 g/mol. The van der Waals surface area contributed by atoms with Gasteiger partial charge in [-0.05, 0) is 6.92 Å². The molecule has 0 unspecified atom stereocenters. The van der Waals surface area contributed by atoms with E-state index < -0.39 is 19.8 Å². The third kappa shape index (κ3) is 18.7. The van der Waals surface area contributed by atoms with E-state index in [1.165, 1.54) is 44.8 Å². The van der Waals surface area contributed by atoms with Crippen LogP contribution in [-0.2, 0) is 4.74 Å². The van der Waals surface area contributed by atoms with Crippen LogP contribution in [0.15, 0.2) is 12.8 Å². The van der Waals surface area contributed by atoms with E-state index in [4.69, 9.17) is 0 Å². The Kier molecular flexibility index (Phi) is 22.6. The van der Waals surface area contributed by atoms with Gasteiger partial charge in [-0.25, -0.2) is 0 Å². The van der Waals surface area contributed by atoms with Gasteiger partial charge in [-0.2, -0.15) is 0 Å². The molecule has 0 atom stereocenters. The summed E-state index contributed by atoms with van der Waals surface area (Å²) in [5.74, 6) is 0. The molecular formula is C16H36OSn. The Hall–Kier alpha value is 0.339. The van der Waals surface area contributed by atoms with E-state index in [0.717, 1.165) is 6.61 Å². The minimum atomic E-state index is -0.967. The van der Waals surface area contributed by atoms with Crippen molar-refractivity contribution in [2.45, 2.75) is 79.5 Å². The molecule has 0 heterocycles. The maximum atomic E-state index is 4.60. The Morgan fingerprint density at radius 1 is 0.833 bits per heavy atom. The SMILES string of the molecule is C=COCC.CCC[CH2][SnH]([CH2]CCC)[CH2]CCC. The summed E-state index contributed by atoms with van der Waals surface area (Å²) < 4.78 is 9.68. The van der Waals surface area contributed by atoms with Crippen molar-refractivity contribution in [1.29, 1.82) is 0 Å². The van der Waals surface area contributed by atoms with Gasteiger partial charge in [0, 0.05) is 0 Å². The monoisotopic (exact) mass is 364 g/mol. The van der Waals surface area contributed by atoms with Crippen LogP contribution >= 0.6 is 0 Å². The van der Waals surface area contributed by atoms with Crippen molar-refractivity contribution in [2.75, 3.05) is 6.61 Å². The second-order valence-electron chi connectivity index (χ2n) is 4.91. The molecule has 18 heavy (non-hydrogen) atoms. The molecule has 1 nitrogen and oxygen atoms in total. The molecule has 0 aliphatic heterocycles. The van der Waals surface area contributed by atoms with Crippen molar-refractivity contribution < 1.29 is 4.74 Å². The normalized spacial score (nSPS) is 9.83. The Morgan fingerprint density at radius 2 is 1.22 bits per heavy atom. The van der Waals surface area contributed by atoms with Crippen molar-refractivity contribution in [1.82, 2.24) is 0 Å². The van der Waals surface area contributed by atoms with Crippen LogP contribution in [0, 0.1) is 0 Å². The van der Waals surface area contributed by atoms with Crippen LogP contribution in [0.2, 0.25) is 13.3 Å². The quantitative estimate of drug-likeness (QED) is 0.334. The Balaban J connectivity index is 0.